The van der Waals surface area contributed by atoms with Gasteiger partial charge in [-0.25, -0.2) is 9.78 Å². The second-order valence-corrected chi connectivity index (χ2v) is 6.12. The Balaban J connectivity index is 1.53. The molecule has 2 amide bonds. The lowest BCUT2D eigenvalue weighted by Gasteiger charge is -2.15. The first-order valence-corrected chi connectivity index (χ1v) is 8.04. The van der Waals surface area contributed by atoms with Crippen LogP contribution in [0.4, 0.5) is 4.79 Å². The molecule has 1 saturated heterocycles. The molecule has 1 aromatic carbocycles. The molecule has 1 aromatic heterocycles. The van der Waals surface area contributed by atoms with Gasteiger partial charge in [0.25, 0.3) is 0 Å². The highest BCUT2D eigenvalue weighted by Crippen LogP contribution is 2.32. The van der Waals surface area contributed by atoms with Crippen molar-refractivity contribution in [3.05, 3.63) is 36.2 Å². The molecule has 23 heavy (non-hydrogen) atoms. The summed E-state index contributed by atoms with van der Waals surface area (Å²) in [6.45, 7) is 5.03. The van der Waals surface area contributed by atoms with Gasteiger partial charge in [0.05, 0.1) is 0 Å². The van der Waals surface area contributed by atoms with E-state index >= 15 is 0 Å². The number of carbonyl (C=O) groups is 1. The minimum absolute atomic E-state index is 0.0235. The van der Waals surface area contributed by atoms with Gasteiger partial charge in [-0.05, 0) is 30.7 Å². The van der Waals surface area contributed by atoms with E-state index in [0.717, 1.165) is 43.2 Å². The predicted octanol–water partition coefficient (Wildman–Crippen LogP) is 1.90. The number of benzene rings is 1. The molecule has 2 aliphatic heterocycles. The largest absolute Gasteiger partial charge is 0.490 e. The minimum atomic E-state index is 0.0235. The van der Waals surface area contributed by atoms with Gasteiger partial charge in [0.1, 0.15) is 17.7 Å². The Labute approximate surface area is 135 Å². The number of nitrogens with zero attached hydrogens (tertiary/aromatic N) is 3. The molecule has 0 radical (unpaired) electrons. The predicted molar refractivity (Wildman–Crippen MR) is 86.4 cm³/mol. The summed E-state index contributed by atoms with van der Waals surface area (Å²) < 4.78 is 7.86. The fourth-order valence-corrected chi connectivity index (χ4v) is 3.26. The Hall–Kier alpha value is -2.50. The van der Waals surface area contributed by atoms with Crippen LogP contribution in [-0.4, -0.2) is 46.2 Å². The molecule has 2 aliphatic rings. The third-order valence-electron chi connectivity index (χ3n) is 4.43. The lowest BCUT2D eigenvalue weighted by molar-refractivity contribution is 0.215. The molecule has 1 fully saturated rings. The van der Waals surface area contributed by atoms with Crippen LogP contribution in [0.25, 0.3) is 11.4 Å². The molecule has 0 aliphatic carbocycles. The first kappa shape index (κ1) is 14.1. The van der Waals surface area contributed by atoms with E-state index in [-0.39, 0.29) is 12.1 Å². The highest BCUT2D eigenvalue weighted by molar-refractivity contribution is 5.76. The summed E-state index contributed by atoms with van der Waals surface area (Å²) >= 11 is 0. The van der Waals surface area contributed by atoms with Crippen molar-refractivity contribution in [3.63, 3.8) is 0 Å². The number of amides is 2. The van der Waals surface area contributed by atoms with Crippen LogP contribution >= 0.6 is 0 Å². The molecule has 1 atom stereocenters. The Morgan fingerprint density at radius 2 is 2.30 bits per heavy atom. The van der Waals surface area contributed by atoms with Crippen LogP contribution in [0.2, 0.25) is 0 Å². The van der Waals surface area contributed by atoms with Gasteiger partial charge < -0.3 is 19.5 Å². The number of aromatic nitrogens is 2. The highest BCUT2D eigenvalue weighted by Gasteiger charge is 2.21. The number of urea groups is 1. The first-order chi connectivity index (χ1) is 11.2. The third kappa shape index (κ3) is 2.65. The van der Waals surface area contributed by atoms with Crippen molar-refractivity contribution in [1.82, 2.24) is 19.8 Å². The van der Waals surface area contributed by atoms with Crippen molar-refractivity contribution in [1.29, 1.82) is 0 Å². The first-order valence-electron chi connectivity index (χ1n) is 8.04. The summed E-state index contributed by atoms with van der Waals surface area (Å²) in [5.74, 6) is 1.92. The van der Waals surface area contributed by atoms with Gasteiger partial charge >= 0.3 is 6.03 Å². The molecule has 0 spiro atoms. The van der Waals surface area contributed by atoms with Gasteiger partial charge in [-0.2, -0.15) is 0 Å². The summed E-state index contributed by atoms with van der Waals surface area (Å²) in [5.41, 5.74) is 2.33. The van der Waals surface area contributed by atoms with Gasteiger partial charge in [0.2, 0.25) is 0 Å². The molecule has 1 N–H and O–H groups in total. The van der Waals surface area contributed by atoms with Crippen molar-refractivity contribution in [2.24, 2.45) is 0 Å². The number of carbonyl (C=O) groups excluding carboxylic acids is 1. The molecule has 2 aromatic rings. The van der Waals surface area contributed by atoms with E-state index in [0.29, 0.717) is 6.54 Å². The Morgan fingerprint density at radius 3 is 3.13 bits per heavy atom. The number of fused-ring (bicyclic) bond motifs is 1. The third-order valence-corrected chi connectivity index (χ3v) is 4.43. The monoisotopic (exact) mass is 312 g/mol. The maximum Gasteiger partial charge on any atom is 0.317 e. The fourth-order valence-electron chi connectivity index (χ4n) is 3.26. The van der Waals surface area contributed by atoms with E-state index in [1.165, 1.54) is 5.56 Å². The zero-order valence-corrected chi connectivity index (χ0v) is 13.2. The Kier molecular flexibility index (Phi) is 3.44. The molecule has 3 heterocycles. The van der Waals surface area contributed by atoms with E-state index in [1.807, 2.05) is 23.4 Å². The van der Waals surface area contributed by atoms with Crippen molar-refractivity contribution in [3.8, 4) is 17.1 Å². The summed E-state index contributed by atoms with van der Waals surface area (Å²) in [5, 5.41) is 2.83. The fraction of sp³-hybridized carbons (Fsp3) is 0.412. The van der Waals surface area contributed by atoms with Gasteiger partial charge in [-0.1, -0.05) is 0 Å². The van der Waals surface area contributed by atoms with Gasteiger partial charge in [0.15, 0.2) is 0 Å². The lowest BCUT2D eigenvalue weighted by atomic mass is 10.1. The normalized spacial score (nSPS) is 19.6. The standard InChI is InChI=1S/C17H20N4O2/c1-12-10-14-11-13(2-3-15(14)23-12)16-18-4-6-20(16)8-9-21-7-5-19-17(21)22/h2-4,6,11-12H,5,7-10H2,1H3,(H,19,22). The number of imidazole rings is 1. The second-order valence-electron chi connectivity index (χ2n) is 6.12. The number of ether oxygens (including phenoxy) is 1. The molecule has 6 nitrogen and oxygen atoms in total. The lowest BCUT2D eigenvalue weighted by Crippen LogP contribution is -2.31. The topological polar surface area (TPSA) is 59.4 Å². The van der Waals surface area contributed by atoms with E-state index in [2.05, 4.69) is 33.9 Å². The van der Waals surface area contributed by atoms with E-state index in [4.69, 9.17) is 4.74 Å². The Morgan fingerprint density at radius 1 is 1.39 bits per heavy atom. The molecule has 0 saturated carbocycles. The van der Waals surface area contributed by atoms with E-state index in [9.17, 15) is 4.79 Å². The number of hydrogen-bond acceptors (Lipinski definition) is 3. The molecule has 0 bridgehead atoms. The zero-order valence-electron chi connectivity index (χ0n) is 13.2. The number of hydrogen-bond donors (Lipinski definition) is 1. The maximum atomic E-state index is 11.6. The van der Waals surface area contributed by atoms with Gasteiger partial charge in [-0.15, -0.1) is 0 Å². The minimum Gasteiger partial charge on any atom is -0.490 e. The molecule has 6 heteroatoms. The molecule has 4 rings (SSSR count). The summed E-state index contributed by atoms with van der Waals surface area (Å²) in [6, 6.07) is 6.27. The number of nitrogens with one attached hydrogen (secondary N) is 1. The summed E-state index contributed by atoms with van der Waals surface area (Å²) in [4.78, 5) is 18.0. The average Bonchev–Trinajstić information content (AvgIpc) is 3.23. The van der Waals surface area contributed by atoms with Crippen molar-refractivity contribution < 1.29 is 9.53 Å². The van der Waals surface area contributed by atoms with Crippen molar-refractivity contribution in [2.45, 2.75) is 26.0 Å². The van der Waals surface area contributed by atoms with Crippen LogP contribution in [0, 0.1) is 0 Å². The average molecular weight is 312 g/mol. The molecular formula is C17H20N4O2. The zero-order chi connectivity index (χ0) is 15.8. The van der Waals surface area contributed by atoms with Crippen molar-refractivity contribution >= 4 is 6.03 Å². The van der Waals surface area contributed by atoms with Crippen LogP contribution in [0.15, 0.2) is 30.6 Å². The second kappa shape index (κ2) is 5.61. The van der Waals surface area contributed by atoms with E-state index < -0.39 is 0 Å². The van der Waals surface area contributed by atoms with Crippen LogP contribution in [0.5, 0.6) is 5.75 Å². The van der Waals surface area contributed by atoms with E-state index in [1.54, 1.807) is 0 Å². The quantitative estimate of drug-likeness (QED) is 0.938. The van der Waals surface area contributed by atoms with Gasteiger partial charge in [-0.3, -0.25) is 0 Å². The molecule has 1 unspecified atom stereocenters. The van der Waals surface area contributed by atoms with Gasteiger partial charge in [0, 0.05) is 50.6 Å². The highest BCUT2D eigenvalue weighted by atomic mass is 16.5. The molecular weight excluding hydrogens is 292 g/mol. The Bertz CT molecular complexity index is 740. The summed E-state index contributed by atoms with van der Waals surface area (Å²) in [6.07, 6.45) is 4.97. The summed E-state index contributed by atoms with van der Waals surface area (Å²) in [7, 11) is 0. The smallest absolute Gasteiger partial charge is 0.317 e. The maximum absolute atomic E-state index is 11.6. The van der Waals surface area contributed by atoms with Crippen LogP contribution in [-0.2, 0) is 13.0 Å². The van der Waals surface area contributed by atoms with Crippen LogP contribution in [0.3, 0.4) is 0 Å². The SMILES string of the molecule is CC1Cc2cc(-c3nccn3CCN3CCNC3=O)ccc2O1. The molecule has 120 valence electrons. The van der Waals surface area contributed by atoms with Crippen LogP contribution in [0.1, 0.15) is 12.5 Å². The van der Waals surface area contributed by atoms with Crippen molar-refractivity contribution in [2.75, 3.05) is 19.6 Å². The number of rotatable bonds is 4. The van der Waals surface area contributed by atoms with Crippen LogP contribution < -0.4 is 10.1 Å².